The molecule has 0 aliphatic heterocycles. The molecule has 0 heterocycles. The molecule has 0 aliphatic carbocycles. The number of unbranched alkanes of at least 4 members (excludes halogenated alkanes) is 1. The van der Waals surface area contributed by atoms with E-state index in [0.717, 1.165) is 9.52 Å². The summed E-state index contributed by atoms with van der Waals surface area (Å²) in [7, 11) is 0.986. The van der Waals surface area contributed by atoms with Crippen molar-refractivity contribution in [2.45, 2.75) is 39.2 Å². The van der Waals surface area contributed by atoms with E-state index in [0.29, 0.717) is 0 Å². The monoisotopic (exact) mass is 190 g/mol. The maximum absolute atomic E-state index is 2.29. The van der Waals surface area contributed by atoms with Crippen molar-refractivity contribution in [3.05, 3.63) is 29.8 Å². The summed E-state index contributed by atoms with van der Waals surface area (Å²) in [6.45, 7) is 4.48. The first-order valence-electron chi connectivity index (χ1n) is 5.19. The van der Waals surface area contributed by atoms with Crippen molar-refractivity contribution < 1.29 is 0 Å². The molecule has 0 nitrogen and oxygen atoms in total. The van der Waals surface area contributed by atoms with Crippen molar-refractivity contribution in [1.82, 2.24) is 0 Å². The van der Waals surface area contributed by atoms with Crippen molar-refractivity contribution in [1.29, 1.82) is 0 Å². The highest BCUT2D eigenvalue weighted by Gasteiger charge is 1.94. The summed E-state index contributed by atoms with van der Waals surface area (Å²) in [5.74, 6) is 0. The molecule has 0 bridgehead atoms. The van der Waals surface area contributed by atoms with E-state index < -0.39 is 0 Å². The average molecular weight is 190 g/mol. The van der Waals surface area contributed by atoms with Crippen molar-refractivity contribution in [3.63, 3.8) is 0 Å². The first-order chi connectivity index (χ1) is 6.36. The van der Waals surface area contributed by atoms with Crippen LogP contribution in [0.15, 0.2) is 24.3 Å². The largest absolute Gasteiger partial charge is 0.0805 e. The number of rotatable bonds is 5. The Kier molecular flexibility index (Phi) is 4.84. The van der Waals surface area contributed by atoms with E-state index in [9.17, 15) is 0 Å². The van der Waals surface area contributed by atoms with Crippen LogP contribution in [0.4, 0.5) is 0 Å². The van der Waals surface area contributed by atoms with E-state index in [1.165, 1.54) is 36.1 Å². The lowest BCUT2D eigenvalue weighted by Gasteiger charge is -2.01. The van der Waals surface area contributed by atoms with Crippen LogP contribution in [0.3, 0.4) is 0 Å². The molecular formula is C12H18Si. The van der Waals surface area contributed by atoms with E-state index in [4.69, 9.17) is 0 Å². The van der Waals surface area contributed by atoms with Gasteiger partial charge in [0.2, 0.25) is 0 Å². The van der Waals surface area contributed by atoms with Crippen molar-refractivity contribution in [3.8, 4) is 0 Å². The minimum absolute atomic E-state index is 0.986. The Bertz CT molecular complexity index is 225. The number of hydrogen-bond acceptors (Lipinski definition) is 0. The fourth-order valence-corrected chi connectivity index (χ4v) is 2.18. The van der Waals surface area contributed by atoms with Crippen LogP contribution in [0, 0.1) is 0 Å². The first-order valence-corrected chi connectivity index (χ1v) is 6.40. The molecule has 2 radical (unpaired) electrons. The quantitative estimate of drug-likeness (QED) is 0.626. The van der Waals surface area contributed by atoms with Gasteiger partial charge in [-0.15, -0.1) is 0 Å². The molecule has 1 aromatic rings. The summed E-state index contributed by atoms with van der Waals surface area (Å²) in [5, 5.41) is 1.50. The van der Waals surface area contributed by atoms with Crippen molar-refractivity contribution >= 4 is 14.7 Å². The zero-order valence-corrected chi connectivity index (χ0v) is 9.64. The summed E-state index contributed by atoms with van der Waals surface area (Å²) in [6.07, 6.45) is 3.85. The molecule has 0 N–H and O–H groups in total. The van der Waals surface area contributed by atoms with Gasteiger partial charge >= 0.3 is 0 Å². The molecule has 1 rings (SSSR count). The van der Waals surface area contributed by atoms with Gasteiger partial charge in [-0.3, -0.25) is 0 Å². The molecule has 0 saturated carbocycles. The highest BCUT2D eigenvalue weighted by Crippen LogP contribution is 2.02. The Balaban J connectivity index is 2.48. The third-order valence-electron chi connectivity index (χ3n) is 2.15. The third-order valence-corrected chi connectivity index (χ3v) is 3.25. The molecular weight excluding hydrogens is 172 g/mol. The molecule has 0 amide bonds. The maximum atomic E-state index is 2.29. The Morgan fingerprint density at radius 2 is 1.77 bits per heavy atom. The molecule has 70 valence electrons. The Morgan fingerprint density at radius 1 is 1.08 bits per heavy atom. The van der Waals surface area contributed by atoms with Gasteiger partial charge in [0.1, 0.15) is 0 Å². The Hall–Kier alpha value is -0.563. The van der Waals surface area contributed by atoms with Crippen LogP contribution >= 0.6 is 0 Å². The van der Waals surface area contributed by atoms with Crippen LogP contribution < -0.4 is 5.19 Å². The highest BCUT2D eigenvalue weighted by molar-refractivity contribution is 6.53. The van der Waals surface area contributed by atoms with Gasteiger partial charge in [-0.05, 0) is 18.4 Å². The number of aryl methyl sites for hydroxylation is 1. The SMILES string of the molecule is CCCCc1ccc([Si]CC)cc1. The lowest BCUT2D eigenvalue weighted by molar-refractivity contribution is 0.795. The predicted molar refractivity (Wildman–Crippen MR) is 60.9 cm³/mol. The van der Waals surface area contributed by atoms with E-state index in [1.807, 2.05) is 0 Å². The number of benzene rings is 1. The van der Waals surface area contributed by atoms with E-state index in [1.54, 1.807) is 0 Å². The molecule has 0 atom stereocenters. The van der Waals surface area contributed by atoms with Crippen LogP contribution in [-0.4, -0.2) is 9.52 Å². The maximum Gasteiger partial charge on any atom is 0.0805 e. The molecule has 1 heteroatoms. The first kappa shape index (κ1) is 10.5. The summed E-state index contributed by atoms with van der Waals surface area (Å²) in [5.41, 5.74) is 1.49. The van der Waals surface area contributed by atoms with Gasteiger partial charge in [0, 0.05) is 0 Å². The predicted octanol–water partition coefficient (Wildman–Crippen LogP) is 2.80. The van der Waals surface area contributed by atoms with Gasteiger partial charge in [-0.1, -0.05) is 55.8 Å². The highest BCUT2D eigenvalue weighted by atomic mass is 28.2. The van der Waals surface area contributed by atoms with Crippen LogP contribution in [0.5, 0.6) is 0 Å². The van der Waals surface area contributed by atoms with Gasteiger partial charge in [0.25, 0.3) is 0 Å². The fourth-order valence-electron chi connectivity index (χ4n) is 1.37. The molecule has 0 fully saturated rings. The van der Waals surface area contributed by atoms with Gasteiger partial charge < -0.3 is 0 Å². The summed E-state index contributed by atoms with van der Waals surface area (Å²) in [4.78, 5) is 0. The zero-order valence-electron chi connectivity index (χ0n) is 8.64. The van der Waals surface area contributed by atoms with Gasteiger partial charge in [0.15, 0.2) is 0 Å². The topological polar surface area (TPSA) is 0 Å². The molecule has 13 heavy (non-hydrogen) atoms. The molecule has 0 unspecified atom stereocenters. The second kappa shape index (κ2) is 5.98. The Labute approximate surface area is 84.2 Å². The minimum Gasteiger partial charge on any atom is -0.0679 e. The lowest BCUT2D eigenvalue weighted by atomic mass is 10.1. The second-order valence-corrected chi connectivity index (χ2v) is 4.97. The van der Waals surface area contributed by atoms with Crippen molar-refractivity contribution in [2.75, 3.05) is 0 Å². The number of hydrogen-bond donors (Lipinski definition) is 0. The van der Waals surface area contributed by atoms with Crippen LogP contribution in [0.2, 0.25) is 6.04 Å². The normalized spacial score (nSPS) is 10.3. The summed E-state index contributed by atoms with van der Waals surface area (Å²) >= 11 is 0. The van der Waals surface area contributed by atoms with Gasteiger partial charge in [-0.25, -0.2) is 0 Å². The van der Waals surface area contributed by atoms with Crippen LogP contribution in [-0.2, 0) is 6.42 Å². The average Bonchev–Trinajstić information content (AvgIpc) is 2.17. The smallest absolute Gasteiger partial charge is 0.0679 e. The molecule has 0 saturated heterocycles. The van der Waals surface area contributed by atoms with Crippen LogP contribution in [0.25, 0.3) is 0 Å². The summed E-state index contributed by atoms with van der Waals surface area (Å²) in [6, 6.07) is 10.4. The van der Waals surface area contributed by atoms with E-state index >= 15 is 0 Å². The van der Waals surface area contributed by atoms with E-state index in [-0.39, 0.29) is 0 Å². The molecule has 1 aromatic carbocycles. The van der Waals surface area contributed by atoms with Gasteiger partial charge in [0.05, 0.1) is 9.52 Å². The lowest BCUT2D eigenvalue weighted by Crippen LogP contribution is -2.11. The Morgan fingerprint density at radius 3 is 2.31 bits per heavy atom. The zero-order chi connectivity index (χ0) is 9.52. The van der Waals surface area contributed by atoms with Crippen molar-refractivity contribution in [2.24, 2.45) is 0 Å². The summed E-state index contributed by atoms with van der Waals surface area (Å²) < 4.78 is 0. The van der Waals surface area contributed by atoms with Gasteiger partial charge in [-0.2, -0.15) is 0 Å². The molecule has 0 spiro atoms. The molecule has 0 aliphatic rings. The van der Waals surface area contributed by atoms with Crippen LogP contribution in [0.1, 0.15) is 32.3 Å². The minimum atomic E-state index is 0.986. The third kappa shape index (κ3) is 3.77. The van der Waals surface area contributed by atoms with E-state index in [2.05, 4.69) is 38.1 Å². The fraction of sp³-hybridized carbons (Fsp3) is 0.500. The molecule has 0 aromatic heterocycles. The standard InChI is InChI=1S/C12H18Si/c1-3-5-6-11-7-9-12(10-8-11)13-4-2/h7-10H,3-6H2,1-2H3. The second-order valence-electron chi connectivity index (χ2n) is 3.33.